The Kier molecular flexibility index (Phi) is 6.96. The van der Waals surface area contributed by atoms with Crippen molar-refractivity contribution in [2.24, 2.45) is 5.16 Å². The topological polar surface area (TPSA) is 181 Å². The number of nitrogen functional groups attached to an aromatic ring is 1. The van der Waals surface area contributed by atoms with Gasteiger partial charge in [-0.2, -0.15) is 9.36 Å². The summed E-state index contributed by atoms with van der Waals surface area (Å²) in [5.74, 6) is -1.43. The van der Waals surface area contributed by atoms with Gasteiger partial charge in [0, 0.05) is 29.4 Å². The second kappa shape index (κ2) is 10.3. The minimum atomic E-state index is -1.22. The maximum atomic E-state index is 13.1. The number of amides is 2. The van der Waals surface area contributed by atoms with Gasteiger partial charge in [-0.15, -0.1) is 21.1 Å². The largest absolute Gasteiger partial charge is 0.477 e. The number of aliphatic carboxylic acids is 1. The first-order valence-corrected chi connectivity index (χ1v) is 13.1. The van der Waals surface area contributed by atoms with Gasteiger partial charge in [-0.1, -0.05) is 5.16 Å². The lowest BCUT2D eigenvalue weighted by molar-refractivity contribution is -0.768. The van der Waals surface area contributed by atoms with Crippen LogP contribution in [0.2, 0.25) is 0 Å². The molecule has 2 amide bonds. The number of carbonyl (C=O) groups excluding carboxylic acids is 2. The predicted molar refractivity (Wildman–Crippen MR) is 130 cm³/mol. The van der Waals surface area contributed by atoms with E-state index in [1.807, 2.05) is 21.6 Å². The molecule has 1 fully saturated rings. The number of nitrogens with two attached hydrogens (primary N) is 1. The monoisotopic (exact) mass is 552 g/mol. The summed E-state index contributed by atoms with van der Waals surface area (Å²) >= 11 is 2.18. The molecule has 2 aromatic rings. The Morgan fingerprint density at radius 3 is 3.03 bits per heavy atom. The number of hydrogen-bond donors (Lipinski definition) is 4. The molecule has 0 radical (unpaired) electrons. The summed E-state index contributed by atoms with van der Waals surface area (Å²) in [6, 6.07) is 0.925. The molecule has 1 saturated heterocycles. The SMILES string of the molecule is Nc1nc(/C(=N/OCCF)C(=O)N[C@@H]2C(=O)N3C(C(=O)O)=C(C[n+]4ccc5n4CCCN5)CSC23)ns1. The fourth-order valence-electron chi connectivity index (χ4n) is 4.31. The van der Waals surface area contributed by atoms with E-state index in [1.54, 1.807) is 0 Å². The molecule has 5 N–H and O–H groups in total. The third-order valence-corrected chi connectivity index (χ3v) is 7.81. The zero-order valence-electron chi connectivity index (χ0n) is 19.3. The number of fused-ring (bicyclic) bond motifs is 2. The van der Waals surface area contributed by atoms with Gasteiger partial charge < -0.3 is 26.3 Å². The van der Waals surface area contributed by atoms with Gasteiger partial charge in [0.1, 0.15) is 30.4 Å². The lowest BCUT2D eigenvalue weighted by Crippen LogP contribution is -2.71. The van der Waals surface area contributed by atoms with Gasteiger partial charge in [0.05, 0.1) is 12.6 Å². The molecule has 0 aliphatic carbocycles. The number of carboxylic acid groups (broad SMARTS) is 1. The first kappa shape index (κ1) is 24.9. The number of rotatable bonds is 9. The Hall–Kier alpha value is -3.73. The van der Waals surface area contributed by atoms with E-state index >= 15 is 0 Å². The number of halogens is 1. The predicted octanol–water partition coefficient (Wildman–Crippen LogP) is -0.846. The molecule has 3 aliphatic rings. The molecular formula is C20H23FN9O5S2+. The normalized spacial score (nSPS) is 21.1. The third-order valence-electron chi connectivity index (χ3n) is 5.93. The van der Waals surface area contributed by atoms with E-state index < -0.39 is 35.9 Å². The van der Waals surface area contributed by atoms with Crippen molar-refractivity contribution in [1.82, 2.24) is 24.3 Å². The van der Waals surface area contributed by atoms with Crippen LogP contribution in [0, 0.1) is 0 Å². The molecule has 5 rings (SSSR count). The van der Waals surface area contributed by atoms with E-state index in [0.717, 1.165) is 36.9 Å². The Labute approximate surface area is 217 Å². The molecule has 37 heavy (non-hydrogen) atoms. The number of carboxylic acids is 1. The smallest absolute Gasteiger partial charge is 0.352 e. The van der Waals surface area contributed by atoms with Gasteiger partial charge in [0.2, 0.25) is 11.5 Å². The van der Waals surface area contributed by atoms with Crippen molar-refractivity contribution >= 4 is 57.7 Å². The number of aromatic nitrogens is 4. The quantitative estimate of drug-likeness (QED) is 0.101. The Morgan fingerprint density at radius 2 is 2.30 bits per heavy atom. The van der Waals surface area contributed by atoms with Crippen LogP contribution >= 0.6 is 23.3 Å². The summed E-state index contributed by atoms with van der Waals surface area (Å²) in [5.41, 5.74) is 5.73. The summed E-state index contributed by atoms with van der Waals surface area (Å²) in [5, 5.41) is 18.9. The maximum absolute atomic E-state index is 13.1. The molecule has 2 aromatic heterocycles. The molecule has 17 heteroatoms. The zero-order chi connectivity index (χ0) is 26.1. The lowest BCUT2D eigenvalue weighted by Gasteiger charge is -2.49. The minimum Gasteiger partial charge on any atom is -0.477 e. The van der Waals surface area contributed by atoms with Crippen molar-refractivity contribution in [3.05, 3.63) is 29.4 Å². The number of carbonyl (C=O) groups is 3. The molecule has 196 valence electrons. The average Bonchev–Trinajstić information content (AvgIpc) is 3.50. The zero-order valence-corrected chi connectivity index (χ0v) is 20.9. The van der Waals surface area contributed by atoms with E-state index in [0.29, 0.717) is 17.9 Å². The third kappa shape index (κ3) is 4.71. The van der Waals surface area contributed by atoms with Gasteiger partial charge in [-0.3, -0.25) is 14.5 Å². The van der Waals surface area contributed by atoms with Crippen LogP contribution in [0.5, 0.6) is 0 Å². The number of nitrogens with one attached hydrogen (secondary N) is 2. The van der Waals surface area contributed by atoms with Crippen LogP contribution in [0.4, 0.5) is 15.3 Å². The summed E-state index contributed by atoms with van der Waals surface area (Å²) < 4.78 is 20.3. The van der Waals surface area contributed by atoms with Crippen molar-refractivity contribution in [1.29, 1.82) is 0 Å². The molecule has 0 saturated carbocycles. The Balaban J connectivity index is 1.34. The molecular weight excluding hydrogens is 529 g/mol. The van der Waals surface area contributed by atoms with Gasteiger partial charge >= 0.3 is 5.97 Å². The van der Waals surface area contributed by atoms with Crippen molar-refractivity contribution in [3.63, 3.8) is 0 Å². The molecule has 0 aromatic carbocycles. The summed E-state index contributed by atoms with van der Waals surface area (Å²) in [6.07, 6.45) is 2.82. The highest BCUT2D eigenvalue weighted by Gasteiger charge is 2.55. The van der Waals surface area contributed by atoms with E-state index in [9.17, 15) is 23.9 Å². The molecule has 2 atom stereocenters. The van der Waals surface area contributed by atoms with E-state index in [2.05, 4.69) is 25.1 Å². The fraction of sp³-hybridized carbons (Fsp3) is 0.450. The van der Waals surface area contributed by atoms with Gasteiger partial charge in [0.25, 0.3) is 11.8 Å². The van der Waals surface area contributed by atoms with Crippen molar-refractivity contribution < 1.29 is 33.4 Å². The van der Waals surface area contributed by atoms with E-state index in [-0.39, 0.29) is 29.0 Å². The van der Waals surface area contributed by atoms with Crippen molar-refractivity contribution in [3.8, 4) is 0 Å². The summed E-state index contributed by atoms with van der Waals surface area (Å²) in [4.78, 5) is 48.1. The molecule has 0 spiro atoms. The Bertz CT molecular complexity index is 1310. The fourth-order valence-corrected chi connectivity index (χ4v) is 6.08. The lowest BCUT2D eigenvalue weighted by atomic mass is 10.0. The van der Waals surface area contributed by atoms with Crippen molar-refractivity contribution in [2.75, 3.05) is 36.6 Å². The van der Waals surface area contributed by atoms with Gasteiger partial charge in [-0.25, -0.2) is 9.18 Å². The number of hydrogen-bond acceptors (Lipinski definition) is 11. The van der Waals surface area contributed by atoms with Gasteiger partial charge in [0.15, 0.2) is 23.7 Å². The molecule has 1 unspecified atom stereocenters. The highest BCUT2D eigenvalue weighted by Crippen LogP contribution is 2.40. The van der Waals surface area contributed by atoms with Crippen LogP contribution < -0.4 is 21.0 Å². The highest BCUT2D eigenvalue weighted by atomic mass is 32.2. The molecule has 5 heterocycles. The number of oxime groups is 1. The van der Waals surface area contributed by atoms with Crippen LogP contribution in [0.15, 0.2) is 28.7 Å². The first-order valence-electron chi connectivity index (χ1n) is 11.3. The van der Waals surface area contributed by atoms with Gasteiger partial charge in [-0.05, 0) is 6.42 Å². The summed E-state index contributed by atoms with van der Waals surface area (Å²) in [7, 11) is 0. The number of nitrogens with zero attached hydrogens (tertiary/aromatic N) is 6. The van der Waals surface area contributed by atoms with Crippen LogP contribution in [-0.2, 0) is 32.3 Å². The second-order valence-electron chi connectivity index (χ2n) is 8.24. The molecule has 14 nitrogen and oxygen atoms in total. The van der Waals surface area contributed by atoms with E-state index in [1.165, 1.54) is 16.7 Å². The highest BCUT2D eigenvalue weighted by molar-refractivity contribution is 8.00. The first-order chi connectivity index (χ1) is 17.9. The molecule has 3 aliphatic heterocycles. The second-order valence-corrected chi connectivity index (χ2v) is 10.1. The van der Waals surface area contributed by atoms with Crippen LogP contribution in [0.1, 0.15) is 12.2 Å². The average molecular weight is 553 g/mol. The summed E-state index contributed by atoms with van der Waals surface area (Å²) in [6.45, 7) is 0.770. The minimum absolute atomic E-state index is 0.0800. The van der Waals surface area contributed by atoms with Crippen LogP contribution in [-0.4, -0.2) is 84.5 Å². The number of thioether (sulfide) groups is 1. The number of alkyl halides is 1. The maximum Gasteiger partial charge on any atom is 0.352 e. The van der Waals surface area contributed by atoms with Crippen LogP contribution in [0.25, 0.3) is 0 Å². The Morgan fingerprint density at radius 1 is 1.46 bits per heavy atom. The van der Waals surface area contributed by atoms with Crippen LogP contribution in [0.3, 0.4) is 0 Å². The number of β-lactam (4-membered cyclic amide) rings is 1. The van der Waals surface area contributed by atoms with Crippen molar-refractivity contribution in [2.45, 2.75) is 30.9 Å². The number of anilines is 2. The molecule has 0 bridgehead atoms. The standard InChI is InChI=1S/C20H22FN9O5S2/c21-3-7-35-26-12(15-25-20(22)37-27-15)16(31)24-13-17(32)30-14(19(33)34)10(9-36-18(13)30)8-28-6-2-11-23-4-1-5-29(11)28/h2,6,13,18H,1,3-5,7-9H2,(H4,22,24,25,27,31,33,34)/p+1/b26-12-/t13-,18?/m1/s1. The van der Waals surface area contributed by atoms with E-state index in [4.69, 9.17) is 10.6 Å².